The number of aromatic nitrogens is 4. The quantitative estimate of drug-likeness (QED) is 0.862. The van der Waals surface area contributed by atoms with Crippen molar-refractivity contribution in [3.63, 3.8) is 0 Å². The lowest BCUT2D eigenvalue weighted by Crippen LogP contribution is -2.23. The minimum Gasteiger partial charge on any atom is -0.399 e. The molecule has 1 aliphatic rings. The van der Waals surface area contributed by atoms with Gasteiger partial charge in [-0.2, -0.15) is 0 Å². The molecule has 1 aromatic carbocycles. The largest absolute Gasteiger partial charge is 0.399 e. The topological polar surface area (TPSA) is 69.6 Å². The maximum atomic E-state index is 6.28. The molecule has 2 unspecified atom stereocenters. The van der Waals surface area contributed by atoms with Crippen molar-refractivity contribution in [1.82, 2.24) is 20.2 Å². The number of hydrogen-bond donors (Lipinski definition) is 1. The lowest BCUT2D eigenvalue weighted by atomic mass is 9.86. The van der Waals surface area contributed by atoms with Crippen LogP contribution in [0.2, 0.25) is 5.02 Å². The van der Waals surface area contributed by atoms with Crippen molar-refractivity contribution in [3.8, 4) is 11.4 Å². The van der Waals surface area contributed by atoms with Crippen LogP contribution in [0.4, 0.5) is 5.69 Å². The summed E-state index contributed by atoms with van der Waals surface area (Å²) in [6, 6.07) is 5.79. The van der Waals surface area contributed by atoms with E-state index in [9.17, 15) is 0 Å². The van der Waals surface area contributed by atoms with E-state index < -0.39 is 0 Å². The van der Waals surface area contributed by atoms with Crippen molar-refractivity contribution < 1.29 is 0 Å². The summed E-state index contributed by atoms with van der Waals surface area (Å²) in [6.07, 6.45) is 4.85. The molecule has 1 heterocycles. The van der Waals surface area contributed by atoms with Gasteiger partial charge >= 0.3 is 0 Å². The van der Waals surface area contributed by atoms with Crippen molar-refractivity contribution in [2.75, 3.05) is 5.73 Å². The van der Waals surface area contributed by atoms with E-state index in [4.69, 9.17) is 17.3 Å². The highest BCUT2D eigenvalue weighted by molar-refractivity contribution is 6.33. The molecule has 0 amide bonds. The molecule has 6 heteroatoms. The molecule has 2 aromatic rings. The van der Waals surface area contributed by atoms with Crippen LogP contribution in [0.15, 0.2) is 18.2 Å². The van der Waals surface area contributed by atoms with Gasteiger partial charge in [0.05, 0.1) is 11.1 Å². The lowest BCUT2D eigenvalue weighted by molar-refractivity contribution is 0.239. The van der Waals surface area contributed by atoms with Gasteiger partial charge in [-0.25, -0.2) is 4.68 Å². The molecule has 2 atom stereocenters. The van der Waals surface area contributed by atoms with E-state index in [1.54, 1.807) is 6.07 Å². The van der Waals surface area contributed by atoms with E-state index in [-0.39, 0.29) is 0 Å². The number of tetrazole rings is 1. The predicted octanol–water partition coefficient (Wildman–Crippen LogP) is 3.33. The van der Waals surface area contributed by atoms with Crippen LogP contribution in [-0.4, -0.2) is 20.2 Å². The first-order valence-corrected chi connectivity index (χ1v) is 7.38. The monoisotopic (exact) mass is 291 g/mol. The number of anilines is 1. The molecule has 1 saturated carbocycles. The van der Waals surface area contributed by atoms with Crippen LogP contribution in [0.1, 0.15) is 38.6 Å². The van der Waals surface area contributed by atoms with Crippen molar-refractivity contribution >= 4 is 17.3 Å². The number of rotatable bonds is 2. The Kier molecular flexibility index (Phi) is 3.61. The van der Waals surface area contributed by atoms with Gasteiger partial charge in [0.1, 0.15) is 0 Å². The predicted molar refractivity (Wildman–Crippen MR) is 79.3 cm³/mol. The van der Waals surface area contributed by atoms with E-state index in [0.717, 1.165) is 17.8 Å². The lowest BCUT2D eigenvalue weighted by Gasteiger charge is -2.29. The molecule has 1 aliphatic carbocycles. The van der Waals surface area contributed by atoms with Crippen LogP contribution in [-0.2, 0) is 0 Å². The summed E-state index contributed by atoms with van der Waals surface area (Å²) in [6.45, 7) is 2.26. The molecule has 0 spiro atoms. The van der Waals surface area contributed by atoms with Gasteiger partial charge in [-0.05, 0) is 47.4 Å². The smallest absolute Gasteiger partial charge is 0.183 e. The van der Waals surface area contributed by atoms with E-state index in [2.05, 4.69) is 22.4 Å². The first kappa shape index (κ1) is 13.4. The van der Waals surface area contributed by atoms with E-state index in [1.165, 1.54) is 19.3 Å². The Hall–Kier alpha value is -1.62. The third-order valence-corrected chi connectivity index (χ3v) is 4.42. The van der Waals surface area contributed by atoms with Gasteiger partial charge in [0.2, 0.25) is 0 Å². The minimum atomic E-state index is 0.349. The number of halogens is 1. The molecule has 3 rings (SSSR count). The Morgan fingerprint density at radius 1 is 1.30 bits per heavy atom. The standard InChI is InChI=1S/C14H18ClN5/c1-9-4-2-3-5-13(9)20-14(17-18-19-20)11-7-6-10(16)8-12(11)15/h6-9,13H,2-5,16H2,1H3. The number of hydrogen-bond acceptors (Lipinski definition) is 4. The van der Waals surface area contributed by atoms with E-state index >= 15 is 0 Å². The van der Waals surface area contributed by atoms with Gasteiger partial charge in [0.15, 0.2) is 5.82 Å². The van der Waals surface area contributed by atoms with Crippen LogP contribution in [0.25, 0.3) is 11.4 Å². The Morgan fingerprint density at radius 3 is 2.85 bits per heavy atom. The molecule has 106 valence electrons. The van der Waals surface area contributed by atoms with Crippen LogP contribution in [0.5, 0.6) is 0 Å². The fraction of sp³-hybridized carbons (Fsp3) is 0.500. The zero-order valence-electron chi connectivity index (χ0n) is 11.5. The number of benzene rings is 1. The molecule has 1 aromatic heterocycles. The van der Waals surface area contributed by atoms with Gasteiger partial charge in [-0.3, -0.25) is 0 Å². The van der Waals surface area contributed by atoms with Crippen molar-refractivity contribution in [2.45, 2.75) is 38.6 Å². The van der Waals surface area contributed by atoms with Crippen LogP contribution in [0.3, 0.4) is 0 Å². The zero-order valence-corrected chi connectivity index (χ0v) is 12.2. The second-order valence-electron chi connectivity index (χ2n) is 5.52. The molecule has 0 aliphatic heterocycles. The average Bonchev–Trinajstić information content (AvgIpc) is 2.88. The van der Waals surface area contributed by atoms with E-state index in [1.807, 2.05) is 16.8 Å². The number of nitrogens with zero attached hydrogens (tertiary/aromatic N) is 4. The van der Waals surface area contributed by atoms with Crippen LogP contribution < -0.4 is 5.73 Å². The zero-order chi connectivity index (χ0) is 14.1. The highest BCUT2D eigenvalue weighted by Gasteiger charge is 2.27. The summed E-state index contributed by atoms with van der Waals surface area (Å²) in [4.78, 5) is 0. The van der Waals surface area contributed by atoms with Crippen molar-refractivity contribution in [3.05, 3.63) is 23.2 Å². The molecule has 1 fully saturated rings. The summed E-state index contributed by atoms with van der Waals surface area (Å²) < 4.78 is 1.93. The van der Waals surface area contributed by atoms with Gasteiger partial charge in [-0.15, -0.1) is 5.10 Å². The average molecular weight is 292 g/mol. The minimum absolute atomic E-state index is 0.349. The normalized spacial score (nSPS) is 22.9. The maximum Gasteiger partial charge on any atom is 0.183 e. The molecule has 0 saturated heterocycles. The van der Waals surface area contributed by atoms with Crippen molar-refractivity contribution in [2.24, 2.45) is 5.92 Å². The summed E-state index contributed by atoms with van der Waals surface area (Å²) in [5.41, 5.74) is 7.22. The second kappa shape index (κ2) is 5.40. The fourth-order valence-corrected chi connectivity index (χ4v) is 3.24. The van der Waals surface area contributed by atoms with Gasteiger partial charge in [0.25, 0.3) is 0 Å². The second-order valence-corrected chi connectivity index (χ2v) is 5.92. The van der Waals surface area contributed by atoms with Crippen LogP contribution >= 0.6 is 11.6 Å². The fourth-order valence-electron chi connectivity index (χ4n) is 2.97. The Labute approximate surface area is 123 Å². The number of nitrogen functional groups attached to an aromatic ring is 1. The highest BCUT2D eigenvalue weighted by atomic mass is 35.5. The van der Waals surface area contributed by atoms with Gasteiger partial charge in [-0.1, -0.05) is 31.4 Å². The molecule has 0 bridgehead atoms. The van der Waals surface area contributed by atoms with Crippen molar-refractivity contribution in [1.29, 1.82) is 0 Å². The Balaban J connectivity index is 2.01. The molecular formula is C14H18ClN5. The first-order chi connectivity index (χ1) is 9.66. The van der Waals surface area contributed by atoms with Crippen LogP contribution in [0, 0.1) is 5.92 Å². The van der Waals surface area contributed by atoms with Gasteiger partial charge in [0, 0.05) is 11.3 Å². The van der Waals surface area contributed by atoms with E-state index in [0.29, 0.717) is 22.7 Å². The molecular weight excluding hydrogens is 274 g/mol. The molecule has 2 N–H and O–H groups in total. The third-order valence-electron chi connectivity index (χ3n) is 4.11. The maximum absolute atomic E-state index is 6.28. The first-order valence-electron chi connectivity index (χ1n) is 7.00. The summed E-state index contributed by atoms with van der Waals surface area (Å²) in [5.74, 6) is 1.31. The third kappa shape index (κ3) is 2.38. The SMILES string of the molecule is CC1CCCCC1n1nnnc1-c1ccc(N)cc1Cl. The Bertz CT molecular complexity index is 609. The number of nitrogens with two attached hydrogens (primary N) is 1. The summed E-state index contributed by atoms with van der Waals surface area (Å²) in [7, 11) is 0. The molecule has 20 heavy (non-hydrogen) atoms. The summed E-state index contributed by atoms with van der Waals surface area (Å²) >= 11 is 6.28. The summed E-state index contributed by atoms with van der Waals surface area (Å²) in [5, 5.41) is 12.8. The Morgan fingerprint density at radius 2 is 2.10 bits per heavy atom. The molecule has 5 nitrogen and oxygen atoms in total. The van der Waals surface area contributed by atoms with Gasteiger partial charge < -0.3 is 5.73 Å². The molecule has 0 radical (unpaired) electrons. The highest BCUT2D eigenvalue weighted by Crippen LogP contribution is 2.36.